The average Bonchev–Trinajstić information content (AvgIpc) is 3.49. The van der Waals surface area contributed by atoms with E-state index in [-0.39, 0.29) is 41.1 Å². The molecule has 1 saturated carbocycles. The molecular formula is C29H38N6O3S. The second-order valence-corrected chi connectivity index (χ2v) is 13.5. The number of likely N-dealkylation sites (tertiary alicyclic amines) is 1. The number of carbonyl (C=O) groups is 1. The molecule has 2 aliphatic rings. The van der Waals surface area contributed by atoms with Crippen molar-refractivity contribution in [2.75, 3.05) is 18.8 Å². The zero-order valence-electron chi connectivity index (χ0n) is 23.4. The molecule has 3 aromatic heterocycles. The minimum Gasteiger partial charge on any atom is -0.332 e. The molecule has 9 nitrogen and oxygen atoms in total. The molecule has 10 heteroatoms. The Bertz CT molecular complexity index is 1440. The maximum absolute atomic E-state index is 13.4. The van der Waals surface area contributed by atoms with Crippen LogP contribution in [0, 0.1) is 13.8 Å². The molecule has 1 aliphatic carbocycles. The number of nitrogens with one attached hydrogen (secondary N) is 1. The first-order valence-electron chi connectivity index (χ1n) is 13.8. The number of urea groups is 1. The van der Waals surface area contributed by atoms with Gasteiger partial charge in [-0.15, -0.1) is 0 Å². The Kier molecular flexibility index (Phi) is 7.50. The number of nitrogens with zero attached hydrogens (tertiary/aromatic N) is 5. The van der Waals surface area contributed by atoms with Crippen molar-refractivity contribution in [3.63, 3.8) is 0 Å². The third kappa shape index (κ3) is 5.85. The first kappa shape index (κ1) is 27.3. The number of hydrogen-bond acceptors (Lipinski definition) is 6. The van der Waals surface area contributed by atoms with Gasteiger partial charge in [0.05, 0.1) is 28.6 Å². The summed E-state index contributed by atoms with van der Waals surface area (Å²) in [5.41, 5.74) is 6.08. The first-order valence-corrected chi connectivity index (χ1v) is 15.5. The van der Waals surface area contributed by atoms with E-state index < -0.39 is 9.84 Å². The lowest BCUT2D eigenvalue weighted by Gasteiger charge is -2.21. The van der Waals surface area contributed by atoms with Gasteiger partial charge in [0, 0.05) is 60.2 Å². The lowest BCUT2D eigenvalue weighted by molar-refractivity contribution is 0.207. The fraction of sp³-hybridized carbons (Fsp3) is 0.517. The molecule has 1 aliphatic heterocycles. The van der Waals surface area contributed by atoms with Gasteiger partial charge in [0.15, 0.2) is 9.84 Å². The number of hydrogen-bond donors (Lipinski definition) is 1. The minimum atomic E-state index is -3.31. The van der Waals surface area contributed by atoms with Crippen LogP contribution in [0.25, 0.3) is 0 Å². The first-order chi connectivity index (χ1) is 18.6. The van der Waals surface area contributed by atoms with E-state index in [1.807, 2.05) is 11.8 Å². The van der Waals surface area contributed by atoms with Crippen molar-refractivity contribution < 1.29 is 13.2 Å². The minimum absolute atomic E-state index is 0.0231. The fourth-order valence-electron chi connectivity index (χ4n) is 5.47. The Hall–Kier alpha value is -3.27. The van der Waals surface area contributed by atoms with Crippen LogP contribution >= 0.6 is 0 Å². The molecule has 2 unspecified atom stereocenters. The molecule has 2 amide bonds. The Morgan fingerprint density at radius 1 is 1.08 bits per heavy atom. The van der Waals surface area contributed by atoms with Gasteiger partial charge in [0.25, 0.3) is 0 Å². The molecule has 208 valence electrons. The molecule has 2 atom stereocenters. The standard InChI is InChI=1S/C29H38N6O3S/c1-6-39(37,38)23-10-9-22(30-15-23)14-31-29(36)34-16-24(27-12-19(4)11-20(5)32-27)25(17-34)28-13-26(21-7-8-21)33-35(28)18(2)3/h9-13,15,18,21,24-25H,6-8,14,16-17H2,1-5H3,(H,31,36). The third-order valence-electron chi connectivity index (χ3n) is 7.71. The number of aromatic nitrogens is 4. The molecule has 2 fully saturated rings. The van der Waals surface area contributed by atoms with Crippen LogP contribution in [0.15, 0.2) is 41.4 Å². The van der Waals surface area contributed by atoms with E-state index in [1.54, 1.807) is 19.1 Å². The van der Waals surface area contributed by atoms with Gasteiger partial charge in [-0.1, -0.05) is 6.92 Å². The highest BCUT2D eigenvalue weighted by Crippen LogP contribution is 2.44. The summed E-state index contributed by atoms with van der Waals surface area (Å²) in [7, 11) is -3.31. The summed E-state index contributed by atoms with van der Waals surface area (Å²) < 4.78 is 26.3. The summed E-state index contributed by atoms with van der Waals surface area (Å²) >= 11 is 0. The quantitative estimate of drug-likeness (QED) is 0.438. The monoisotopic (exact) mass is 550 g/mol. The molecule has 0 radical (unpaired) electrons. The van der Waals surface area contributed by atoms with Gasteiger partial charge in [0.2, 0.25) is 0 Å². The predicted molar refractivity (Wildman–Crippen MR) is 150 cm³/mol. The Balaban J connectivity index is 1.38. The Morgan fingerprint density at radius 3 is 2.44 bits per heavy atom. The zero-order valence-corrected chi connectivity index (χ0v) is 24.2. The van der Waals surface area contributed by atoms with Gasteiger partial charge in [-0.2, -0.15) is 5.10 Å². The molecule has 39 heavy (non-hydrogen) atoms. The van der Waals surface area contributed by atoms with E-state index in [0.29, 0.717) is 24.7 Å². The summed E-state index contributed by atoms with van der Waals surface area (Å²) in [4.78, 5) is 24.6. The van der Waals surface area contributed by atoms with Crippen molar-refractivity contribution in [2.24, 2.45) is 0 Å². The topological polar surface area (TPSA) is 110 Å². The summed E-state index contributed by atoms with van der Waals surface area (Å²) in [6, 6.07) is 9.72. The van der Waals surface area contributed by atoms with E-state index in [9.17, 15) is 13.2 Å². The predicted octanol–water partition coefficient (Wildman–Crippen LogP) is 4.63. The third-order valence-corrected chi connectivity index (χ3v) is 9.43. The number of amides is 2. The van der Waals surface area contributed by atoms with Crippen LogP contribution in [0.4, 0.5) is 4.79 Å². The lowest BCUT2D eigenvalue weighted by Crippen LogP contribution is -2.38. The molecule has 4 heterocycles. The summed E-state index contributed by atoms with van der Waals surface area (Å²) in [5, 5.41) is 7.96. The maximum Gasteiger partial charge on any atom is 0.317 e. The van der Waals surface area contributed by atoms with E-state index >= 15 is 0 Å². The number of sulfone groups is 1. The van der Waals surface area contributed by atoms with E-state index in [4.69, 9.17) is 10.1 Å². The van der Waals surface area contributed by atoms with Crippen molar-refractivity contribution in [1.82, 2.24) is 30.0 Å². The number of aryl methyl sites for hydroxylation is 2. The molecule has 1 saturated heterocycles. The fourth-order valence-corrected chi connectivity index (χ4v) is 6.30. The van der Waals surface area contributed by atoms with Crippen molar-refractivity contribution in [3.05, 3.63) is 70.6 Å². The molecular weight excluding hydrogens is 512 g/mol. The van der Waals surface area contributed by atoms with Gasteiger partial charge < -0.3 is 10.2 Å². The maximum atomic E-state index is 13.4. The highest BCUT2D eigenvalue weighted by Gasteiger charge is 2.41. The van der Waals surface area contributed by atoms with E-state index in [0.717, 1.165) is 22.6 Å². The van der Waals surface area contributed by atoms with Crippen LogP contribution < -0.4 is 5.32 Å². The van der Waals surface area contributed by atoms with E-state index in [2.05, 4.69) is 54.0 Å². The van der Waals surface area contributed by atoms with Crippen molar-refractivity contribution in [3.8, 4) is 0 Å². The Morgan fingerprint density at radius 2 is 1.82 bits per heavy atom. The second kappa shape index (κ2) is 10.7. The SMILES string of the molecule is CCS(=O)(=O)c1ccc(CNC(=O)N2CC(c3cc(C)cc(C)n3)C(c3cc(C4CC4)nn3C(C)C)C2)nc1. The van der Waals surface area contributed by atoms with Crippen molar-refractivity contribution in [2.45, 2.75) is 82.7 Å². The Labute approximate surface area is 231 Å². The van der Waals surface area contributed by atoms with E-state index in [1.165, 1.54) is 24.7 Å². The smallest absolute Gasteiger partial charge is 0.317 e. The number of carbonyl (C=O) groups excluding carboxylic acids is 1. The van der Waals surface area contributed by atoms with Gasteiger partial charge in [0.1, 0.15) is 0 Å². The molecule has 0 spiro atoms. The van der Waals surface area contributed by atoms with Crippen LogP contribution in [-0.4, -0.2) is 57.9 Å². The number of pyridine rings is 2. The normalized spacial score (nSPS) is 19.6. The molecule has 5 rings (SSSR count). The molecule has 0 bridgehead atoms. The van der Waals surface area contributed by atoms with Crippen LogP contribution in [-0.2, 0) is 16.4 Å². The van der Waals surface area contributed by atoms with Crippen LogP contribution in [0.3, 0.4) is 0 Å². The summed E-state index contributed by atoms with van der Waals surface area (Å²) in [5.74, 6) is 0.694. The molecule has 1 N–H and O–H groups in total. The van der Waals surface area contributed by atoms with Crippen LogP contribution in [0.2, 0.25) is 0 Å². The molecule has 3 aromatic rings. The number of rotatable bonds is 8. The summed E-state index contributed by atoms with van der Waals surface area (Å²) in [6.07, 6.45) is 3.74. The van der Waals surface area contributed by atoms with Crippen molar-refractivity contribution >= 4 is 15.9 Å². The highest BCUT2D eigenvalue weighted by atomic mass is 32.2. The van der Waals surface area contributed by atoms with Gasteiger partial charge in [-0.05, 0) is 76.4 Å². The second-order valence-electron chi connectivity index (χ2n) is 11.2. The van der Waals surface area contributed by atoms with Gasteiger partial charge >= 0.3 is 6.03 Å². The largest absolute Gasteiger partial charge is 0.332 e. The van der Waals surface area contributed by atoms with Gasteiger partial charge in [-0.25, -0.2) is 13.2 Å². The highest BCUT2D eigenvalue weighted by molar-refractivity contribution is 7.91. The van der Waals surface area contributed by atoms with Gasteiger partial charge in [-0.3, -0.25) is 14.6 Å². The van der Waals surface area contributed by atoms with Crippen LogP contribution in [0.5, 0.6) is 0 Å². The average molecular weight is 551 g/mol. The summed E-state index contributed by atoms with van der Waals surface area (Å²) in [6.45, 7) is 11.3. The zero-order chi connectivity index (χ0) is 27.9. The van der Waals surface area contributed by atoms with Crippen LogP contribution in [0.1, 0.15) is 91.4 Å². The molecule has 0 aromatic carbocycles. The lowest BCUT2D eigenvalue weighted by atomic mass is 9.88. The van der Waals surface area contributed by atoms with Crippen molar-refractivity contribution in [1.29, 1.82) is 0 Å².